The van der Waals surface area contributed by atoms with E-state index in [-0.39, 0.29) is 11.9 Å². The summed E-state index contributed by atoms with van der Waals surface area (Å²) in [4.78, 5) is 4.17. The number of nitrogens with zero attached hydrogens (tertiary/aromatic N) is 1. The molecule has 1 aromatic carbocycles. The average Bonchev–Trinajstić information content (AvgIpc) is 2.42. The molecule has 0 fully saturated rings. The Balaban J connectivity index is 2.37. The van der Waals surface area contributed by atoms with Crippen molar-refractivity contribution in [2.45, 2.75) is 19.4 Å². The Morgan fingerprint density at radius 2 is 2.21 bits per heavy atom. The molecule has 100 valence electrons. The topological polar surface area (TPSA) is 24.9 Å². The Hall–Kier alpha value is -1.01. The van der Waals surface area contributed by atoms with Gasteiger partial charge in [-0.05, 0) is 64.9 Å². The molecule has 0 radical (unpaired) electrons. The summed E-state index contributed by atoms with van der Waals surface area (Å²) in [5.74, 6) is -0.200. The number of aromatic nitrogens is 1. The fourth-order valence-electron chi connectivity index (χ4n) is 1.98. The van der Waals surface area contributed by atoms with Crippen molar-refractivity contribution in [3.05, 3.63) is 63.2 Å². The quantitative estimate of drug-likeness (QED) is 0.808. The lowest BCUT2D eigenvalue weighted by molar-refractivity contribution is 0.589. The predicted molar refractivity (Wildman–Crippen MR) is 83.5 cm³/mol. The minimum atomic E-state index is -0.200. The van der Waals surface area contributed by atoms with Gasteiger partial charge in [-0.15, -0.1) is 0 Å². The van der Waals surface area contributed by atoms with Gasteiger partial charge in [-0.2, -0.15) is 0 Å². The van der Waals surface area contributed by atoms with Crippen LogP contribution >= 0.6 is 22.6 Å². The smallest absolute Gasteiger partial charge is 0.124 e. The lowest BCUT2D eigenvalue weighted by Gasteiger charge is -2.20. The average molecular weight is 370 g/mol. The third-order valence-corrected chi connectivity index (χ3v) is 3.82. The third-order valence-electron chi connectivity index (χ3n) is 2.89. The van der Waals surface area contributed by atoms with Crippen LogP contribution in [0.1, 0.15) is 30.5 Å². The molecule has 0 bridgehead atoms. The molecule has 1 atom stereocenters. The fraction of sp³-hybridized carbons (Fsp3) is 0.267. The Bertz CT molecular complexity index is 531. The molecule has 2 nitrogen and oxygen atoms in total. The second kappa shape index (κ2) is 6.96. The number of benzene rings is 1. The van der Waals surface area contributed by atoms with Crippen molar-refractivity contribution in [2.75, 3.05) is 6.54 Å². The van der Waals surface area contributed by atoms with E-state index in [0.29, 0.717) is 0 Å². The SMILES string of the molecule is CCCNC(c1cccnc1)c1ccc(F)cc1I. The van der Waals surface area contributed by atoms with Crippen LogP contribution in [-0.4, -0.2) is 11.5 Å². The van der Waals surface area contributed by atoms with Gasteiger partial charge in [0.05, 0.1) is 6.04 Å². The first-order chi connectivity index (χ1) is 9.22. The number of hydrogen-bond donors (Lipinski definition) is 1. The normalized spacial score (nSPS) is 12.4. The summed E-state index contributed by atoms with van der Waals surface area (Å²) in [5.41, 5.74) is 2.18. The van der Waals surface area contributed by atoms with Crippen LogP contribution in [0, 0.1) is 9.39 Å². The Labute approximate surface area is 126 Å². The van der Waals surface area contributed by atoms with Gasteiger partial charge in [0.2, 0.25) is 0 Å². The van der Waals surface area contributed by atoms with E-state index >= 15 is 0 Å². The van der Waals surface area contributed by atoms with Crippen molar-refractivity contribution < 1.29 is 4.39 Å². The molecule has 0 aliphatic rings. The van der Waals surface area contributed by atoms with Gasteiger partial charge in [-0.1, -0.05) is 19.1 Å². The molecular weight excluding hydrogens is 354 g/mol. The van der Waals surface area contributed by atoms with E-state index < -0.39 is 0 Å². The second-order valence-corrected chi connectivity index (χ2v) is 5.50. The van der Waals surface area contributed by atoms with Gasteiger partial charge >= 0.3 is 0 Å². The second-order valence-electron chi connectivity index (χ2n) is 4.34. The van der Waals surface area contributed by atoms with E-state index in [0.717, 1.165) is 27.7 Å². The molecule has 1 N–H and O–H groups in total. The summed E-state index contributed by atoms with van der Waals surface area (Å²) in [5, 5.41) is 3.50. The van der Waals surface area contributed by atoms with Crippen LogP contribution in [0.3, 0.4) is 0 Å². The van der Waals surface area contributed by atoms with Crippen LogP contribution in [0.2, 0.25) is 0 Å². The van der Waals surface area contributed by atoms with E-state index in [1.54, 1.807) is 12.3 Å². The van der Waals surface area contributed by atoms with Crippen LogP contribution < -0.4 is 5.32 Å². The molecule has 2 aromatic rings. The lowest BCUT2D eigenvalue weighted by Crippen LogP contribution is -2.24. The molecule has 1 unspecified atom stereocenters. The summed E-state index contributed by atoms with van der Waals surface area (Å²) in [6.07, 6.45) is 4.66. The lowest BCUT2D eigenvalue weighted by atomic mass is 10.00. The molecule has 1 heterocycles. The Kier molecular flexibility index (Phi) is 5.27. The highest BCUT2D eigenvalue weighted by Gasteiger charge is 2.16. The van der Waals surface area contributed by atoms with Crippen LogP contribution in [0.5, 0.6) is 0 Å². The molecule has 0 aliphatic carbocycles. The standard InChI is InChI=1S/C15H16FIN2/c1-2-7-19-15(11-4-3-8-18-10-11)13-6-5-12(16)9-14(13)17/h3-6,8-10,15,19H,2,7H2,1H3. The van der Waals surface area contributed by atoms with Crippen LogP contribution in [0.15, 0.2) is 42.7 Å². The highest BCUT2D eigenvalue weighted by molar-refractivity contribution is 14.1. The van der Waals surface area contributed by atoms with E-state index in [1.165, 1.54) is 6.07 Å². The number of halogens is 2. The highest BCUT2D eigenvalue weighted by Crippen LogP contribution is 2.26. The maximum absolute atomic E-state index is 13.2. The molecule has 0 spiro atoms. The van der Waals surface area contributed by atoms with Crippen LogP contribution in [0.4, 0.5) is 4.39 Å². The first-order valence-corrected chi connectivity index (χ1v) is 7.38. The first kappa shape index (κ1) is 14.4. The monoisotopic (exact) mass is 370 g/mol. The first-order valence-electron chi connectivity index (χ1n) is 6.30. The van der Waals surface area contributed by atoms with Crippen molar-refractivity contribution in [1.29, 1.82) is 0 Å². The summed E-state index contributed by atoms with van der Waals surface area (Å²) >= 11 is 2.18. The highest BCUT2D eigenvalue weighted by atomic mass is 127. The zero-order chi connectivity index (χ0) is 13.7. The van der Waals surface area contributed by atoms with Crippen LogP contribution in [0.25, 0.3) is 0 Å². The molecule has 0 amide bonds. The van der Waals surface area contributed by atoms with E-state index in [2.05, 4.69) is 39.8 Å². The Morgan fingerprint density at radius 3 is 2.84 bits per heavy atom. The van der Waals surface area contributed by atoms with Crippen molar-refractivity contribution in [1.82, 2.24) is 10.3 Å². The van der Waals surface area contributed by atoms with E-state index in [4.69, 9.17) is 0 Å². The molecule has 19 heavy (non-hydrogen) atoms. The fourth-order valence-corrected chi connectivity index (χ4v) is 2.77. The summed E-state index contributed by atoms with van der Waals surface area (Å²) in [6, 6.07) is 8.94. The van der Waals surface area contributed by atoms with Gasteiger partial charge in [-0.25, -0.2) is 4.39 Å². The largest absolute Gasteiger partial charge is 0.306 e. The minimum Gasteiger partial charge on any atom is -0.306 e. The molecular formula is C15H16FIN2. The molecule has 0 saturated heterocycles. The molecule has 4 heteroatoms. The maximum atomic E-state index is 13.2. The minimum absolute atomic E-state index is 0.0566. The summed E-state index contributed by atoms with van der Waals surface area (Å²) in [6.45, 7) is 3.04. The molecule has 1 aromatic heterocycles. The number of pyridine rings is 1. The van der Waals surface area contributed by atoms with E-state index in [9.17, 15) is 4.39 Å². The molecule has 0 aliphatic heterocycles. The maximum Gasteiger partial charge on any atom is 0.124 e. The van der Waals surface area contributed by atoms with Gasteiger partial charge in [0.25, 0.3) is 0 Å². The van der Waals surface area contributed by atoms with Crippen molar-refractivity contribution in [3.8, 4) is 0 Å². The van der Waals surface area contributed by atoms with Gasteiger partial charge in [0.1, 0.15) is 5.82 Å². The van der Waals surface area contributed by atoms with E-state index in [1.807, 2.05) is 24.4 Å². The third kappa shape index (κ3) is 3.73. The molecule has 2 rings (SSSR count). The Morgan fingerprint density at radius 1 is 1.37 bits per heavy atom. The zero-order valence-electron chi connectivity index (χ0n) is 10.7. The predicted octanol–water partition coefficient (Wildman–Crippen LogP) is 3.91. The van der Waals surface area contributed by atoms with Gasteiger partial charge in [-0.3, -0.25) is 4.98 Å². The van der Waals surface area contributed by atoms with Crippen molar-refractivity contribution in [2.24, 2.45) is 0 Å². The number of hydrogen-bond acceptors (Lipinski definition) is 2. The number of rotatable bonds is 5. The van der Waals surface area contributed by atoms with Gasteiger partial charge in [0.15, 0.2) is 0 Å². The summed E-state index contributed by atoms with van der Waals surface area (Å²) < 4.78 is 14.2. The zero-order valence-corrected chi connectivity index (χ0v) is 12.9. The van der Waals surface area contributed by atoms with Gasteiger partial charge < -0.3 is 5.32 Å². The van der Waals surface area contributed by atoms with Crippen molar-refractivity contribution in [3.63, 3.8) is 0 Å². The number of nitrogens with one attached hydrogen (secondary N) is 1. The van der Waals surface area contributed by atoms with Gasteiger partial charge in [0, 0.05) is 16.0 Å². The van der Waals surface area contributed by atoms with Crippen LogP contribution in [-0.2, 0) is 0 Å². The van der Waals surface area contributed by atoms with Crippen molar-refractivity contribution >= 4 is 22.6 Å². The molecule has 0 saturated carbocycles. The summed E-state index contributed by atoms with van der Waals surface area (Å²) in [7, 11) is 0.